The maximum atomic E-state index is 12.8. The summed E-state index contributed by atoms with van der Waals surface area (Å²) in [7, 11) is 0. The number of benzene rings is 1. The van der Waals surface area contributed by atoms with Crippen LogP contribution in [0.2, 0.25) is 0 Å². The summed E-state index contributed by atoms with van der Waals surface area (Å²) in [4.78, 5) is 25.2. The summed E-state index contributed by atoms with van der Waals surface area (Å²) in [5, 5.41) is 17.5. The Morgan fingerprint density at radius 2 is 1.89 bits per heavy atom. The van der Waals surface area contributed by atoms with Crippen molar-refractivity contribution in [1.29, 1.82) is 0 Å². The second-order valence-corrected chi connectivity index (χ2v) is 7.64. The average molecular weight is 399 g/mol. The van der Waals surface area contributed by atoms with Gasteiger partial charge in [0, 0.05) is 22.6 Å². The molecule has 7 heteroatoms. The highest BCUT2D eigenvalue weighted by Gasteiger charge is 2.13. The Hall–Kier alpha value is -2.74. The largest absolute Gasteiger partial charge is 0.348 e. The molecule has 0 saturated heterocycles. The SMILES string of the molecule is Cc1csc(C=C(C(=O)NCc2ccc(C(=O)NO)cc2)c2ccsc2)c1. The Morgan fingerprint density at radius 3 is 2.48 bits per heavy atom. The van der Waals surface area contributed by atoms with Gasteiger partial charge < -0.3 is 5.32 Å². The molecule has 3 rings (SSSR count). The lowest BCUT2D eigenvalue weighted by atomic mass is 10.1. The van der Waals surface area contributed by atoms with Gasteiger partial charge in [0.15, 0.2) is 0 Å². The lowest BCUT2D eigenvalue weighted by Crippen LogP contribution is -2.24. The Bertz CT molecular complexity index is 958. The summed E-state index contributed by atoms with van der Waals surface area (Å²) in [5.41, 5.74) is 5.47. The lowest BCUT2D eigenvalue weighted by Gasteiger charge is -2.09. The molecule has 27 heavy (non-hydrogen) atoms. The van der Waals surface area contributed by atoms with Gasteiger partial charge in [0.2, 0.25) is 0 Å². The number of rotatable bonds is 6. The third-order valence-electron chi connectivity index (χ3n) is 3.88. The number of amides is 2. The van der Waals surface area contributed by atoms with E-state index in [1.54, 1.807) is 52.4 Å². The van der Waals surface area contributed by atoms with Crippen molar-refractivity contribution in [3.63, 3.8) is 0 Å². The minimum Gasteiger partial charge on any atom is -0.348 e. The highest BCUT2D eigenvalue weighted by atomic mass is 32.1. The zero-order valence-corrected chi connectivity index (χ0v) is 16.2. The van der Waals surface area contributed by atoms with E-state index in [9.17, 15) is 9.59 Å². The maximum absolute atomic E-state index is 12.8. The van der Waals surface area contributed by atoms with Gasteiger partial charge in [-0.3, -0.25) is 14.8 Å². The first-order valence-electron chi connectivity index (χ1n) is 8.18. The van der Waals surface area contributed by atoms with E-state index >= 15 is 0 Å². The van der Waals surface area contributed by atoms with Crippen LogP contribution in [0.3, 0.4) is 0 Å². The molecule has 2 aromatic heterocycles. The molecule has 5 nitrogen and oxygen atoms in total. The molecule has 0 bridgehead atoms. The highest BCUT2D eigenvalue weighted by molar-refractivity contribution is 7.11. The molecular formula is C20H18N2O3S2. The van der Waals surface area contributed by atoms with Crippen LogP contribution in [0.1, 0.15) is 31.9 Å². The number of hydroxylamine groups is 1. The van der Waals surface area contributed by atoms with Crippen LogP contribution in [-0.4, -0.2) is 17.0 Å². The van der Waals surface area contributed by atoms with E-state index in [1.165, 1.54) is 5.56 Å². The van der Waals surface area contributed by atoms with Gasteiger partial charge in [0.05, 0.1) is 0 Å². The standard InChI is InChI=1S/C20H18N2O3S2/c1-13-8-17(27-11-13)9-18(16-6-7-26-12-16)20(24)21-10-14-2-4-15(5-3-14)19(23)22-25/h2-9,11-12,25H,10H2,1H3,(H,21,24)(H,22,23). The number of hydrogen-bond donors (Lipinski definition) is 3. The molecule has 2 amide bonds. The number of aryl methyl sites for hydroxylation is 1. The fourth-order valence-corrected chi connectivity index (χ4v) is 3.97. The van der Waals surface area contributed by atoms with Gasteiger partial charge in [0.25, 0.3) is 11.8 Å². The van der Waals surface area contributed by atoms with Crippen molar-refractivity contribution in [3.05, 3.63) is 79.7 Å². The fourth-order valence-electron chi connectivity index (χ4n) is 2.49. The first-order chi connectivity index (χ1) is 13.1. The molecule has 2 heterocycles. The van der Waals surface area contributed by atoms with Crippen molar-refractivity contribution in [1.82, 2.24) is 10.8 Å². The molecule has 0 aliphatic heterocycles. The lowest BCUT2D eigenvalue weighted by molar-refractivity contribution is -0.115. The van der Waals surface area contributed by atoms with Crippen LogP contribution in [0, 0.1) is 6.92 Å². The van der Waals surface area contributed by atoms with Gasteiger partial charge in [-0.25, -0.2) is 5.48 Å². The van der Waals surface area contributed by atoms with Crippen LogP contribution in [0.5, 0.6) is 0 Å². The van der Waals surface area contributed by atoms with Gasteiger partial charge >= 0.3 is 0 Å². The van der Waals surface area contributed by atoms with Gasteiger partial charge in [-0.2, -0.15) is 11.3 Å². The van der Waals surface area contributed by atoms with E-state index in [0.717, 1.165) is 16.0 Å². The van der Waals surface area contributed by atoms with E-state index in [4.69, 9.17) is 5.21 Å². The minimum atomic E-state index is -0.570. The van der Waals surface area contributed by atoms with Gasteiger partial charge in [0.1, 0.15) is 0 Å². The molecule has 3 N–H and O–H groups in total. The summed E-state index contributed by atoms with van der Waals surface area (Å²) < 4.78 is 0. The van der Waals surface area contributed by atoms with E-state index in [1.807, 2.05) is 29.8 Å². The third kappa shape index (κ3) is 4.91. The summed E-state index contributed by atoms with van der Waals surface area (Å²) >= 11 is 3.15. The van der Waals surface area contributed by atoms with E-state index < -0.39 is 5.91 Å². The fraction of sp³-hybridized carbons (Fsp3) is 0.100. The number of nitrogens with one attached hydrogen (secondary N) is 2. The highest BCUT2D eigenvalue weighted by Crippen LogP contribution is 2.24. The Labute approximate surface area is 164 Å². The molecule has 138 valence electrons. The molecule has 0 atom stereocenters. The summed E-state index contributed by atoms with van der Waals surface area (Å²) in [6.45, 7) is 2.36. The monoisotopic (exact) mass is 398 g/mol. The van der Waals surface area contributed by atoms with Crippen molar-refractivity contribution >= 4 is 46.1 Å². The second-order valence-electron chi connectivity index (χ2n) is 5.92. The average Bonchev–Trinajstić information content (AvgIpc) is 3.35. The molecule has 3 aromatic rings. The first-order valence-corrected chi connectivity index (χ1v) is 10.00. The first kappa shape index (κ1) is 19.0. The van der Waals surface area contributed by atoms with Crippen molar-refractivity contribution in [2.75, 3.05) is 0 Å². The zero-order valence-electron chi connectivity index (χ0n) is 14.6. The molecule has 0 fully saturated rings. The van der Waals surface area contributed by atoms with Gasteiger partial charge in [-0.1, -0.05) is 12.1 Å². The van der Waals surface area contributed by atoms with Crippen LogP contribution in [-0.2, 0) is 11.3 Å². The van der Waals surface area contributed by atoms with Crippen LogP contribution in [0.25, 0.3) is 11.6 Å². The van der Waals surface area contributed by atoms with Gasteiger partial charge in [-0.15, -0.1) is 11.3 Å². The third-order valence-corrected chi connectivity index (χ3v) is 5.57. The van der Waals surface area contributed by atoms with Crippen molar-refractivity contribution < 1.29 is 14.8 Å². The predicted molar refractivity (Wildman–Crippen MR) is 109 cm³/mol. The topological polar surface area (TPSA) is 78.4 Å². The van der Waals surface area contributed by atoms with Crippen LogP contribution in [0.15, 0.2) is 52.5 Å². The number of hydrogen-bond acceptors (Lipinski definition) is 5. The maximum Gasteiger partial charge on any atom is 0.274 e. The van der Waals surface area contributed by atoms with Crippen molar-refractivity contribution in [2.45, 2.75) is 13.5 Å². The Balaban J connectivity index is 1.73. The van der Waals surface area contributed by atoms with E-state index in [-0.39, 0.29) is 5.91 Å². The second kappa shape index (κ2) is 8.77. The quantitative estimate of drug-likeness (QED) is 0.332. The predicted octanol–water partition coefficient (Wildman–Crippen LogP) is 4.09. The summed E-state index contributed by atoms with van der Waals surface area (Å²) in [6.07, 6.45) is 1.91. The Kier molecular flexibility index (Phi) is 6.18. The molecule has 0 aliphatic carbocycles. The zero-order chi connectivity index (χ0) is 19.2. The summed E-state index contributed by atoms with van der Waals surface area (Å²) in [6, 6.07) is 10.6. The van der Waals surface area contributed by atoms with Crippen LogP contribution >= 0.6 is 22.7 Å². The number of carbonyl (C=O) groups is 2. The Morgan fingerprint density at radius 1 is 1.11 bits per heavy atom. The van der Waals surface area contributed by atoms with Crippen LogP contribution in [0.4, 0.5) is 0 Å². The molecular weight excluding hydrogens is 380 g/mol. The van der Waals surface area contributed by atoms with Crippen LogP contribution < -0.4 is 10.8 Å². The van der Waals surface area contributed by atoms with Crippen molar-refractivity contribution in [3.8, 4) is 0 Å². The van der Waals surface area contributed by atoms with Gasteiger partial charge in [-0.05, 0) is 70.1 Å². The smallest absolute Gasteiger partial charge is 0.274 e. The summed E-state index contributed by atoms with van der Waals surface area (Å²) in [5.74, 6) is -0.726. The van der Waals surface area contributed by atoms with E-state index in [2.05, 4.69) is 16.8 Å². The number of thiophene rings is 2. The molecule has 0 spiro atoms. The molecule has 0 aliphatic rings. The molecule has 0 radical (unpaired) electrons. The molecule has 0 unspecified atom stereocenters. The van der Waals surface area contributed by atoms with Crippen molar-refractivity contribution in [2.24, 2.45) is 0 Å². The molecule has 0 saturated carbocycles. The number of carbonyl (C=O) groups excluding carboxylic acids is 2. The van der Waals surface area contributed by atoms with E-state index in [0.29, 0.717) is 17.7 Å². The molecule has 1 aromatic carbocycles. The minimum absolute atomic E-state index is 0.156. The normalized spacial score (nSPS) is 11.3.